The van der Waals surface area contributed by atoms with Gasteiger partial charge in [0, 0.05) is 23.9 Å². The van der Waals surface area contributed by atoms with Gasteiger partial charge in [0.15, 0.2) is 0 Å². The summed E-state index contributed by atoms with van der Waals surface area (Å²) in [6, 6.07) is 6.04. The van der Waals surface area contributed by atoms with Gasteiger partial charge in [0.05, 0.1) is 11.0 Å². The van der Waals surface area contributed by atoms with E-state index in [4.69, 9.17) is 5.11 Å². The highest BCUT2D eigenvalue weighted by Crippen LogP contribution is 2.22. The molecule has 1 aromatic heterocycles. The SMILES string of the molecule is CCn1c(CC(C)CC(=O)O)nc2cc(Br)ccc21. The summed E-state index contributed by atoms with van der Waals surface area (Å²) in [5.41, 5.74) is 2.05. The quantitative estimate of drug-likeness (QED) is 0.916. The number of carboxylic acid groups (broad SMARTS) is 1. The van der Waals surface area contributed by atoms with E-state index in [1.54, 1.807) is 0 Å². The van der Waals surface area contributed by atoms with E-state index in [-0.39, 0.29) is 12.3 Å². The Bertz CT molecular complexity index is 607. The van der Waals surface area contributed by atoms with Crippen LogP contribution in [0.5, 0.6) is 0 Å². The number of hydrogen-bond donors (Lipinski definition) is 1. The Morgan fingerprint density at radius 3 is 2.89 bits per heavy atom. The molecule has 5 heteroatoms. The first-order valence-corrected chi connectivity index (χ1v) is 7.17. The summed E-state index contributed by atoms with van der Waals surface area (Å²) in [6.07, 6.45) is 0.864. The van der Waals surface area contributed by atoms with Crippen LogP contribution in [-0.4, -0.2) is 20.6 Å². The fraction of sp³-hybridized carbons (Fsp3) is 0.429. The molecular weight excluding hydrogens is 308 g/mol. The lowest BCUT2D eigenvalue weighted by atomic mass is 10.0. The van der Waals surface area contributed by atoms with Crippen molar-refractivity contribution in [1.29, 1.82) is 0 Å². The highest BCUT2D eigenvalue weighted by atomic mass is 79.9. The van der Waals surface area contributed by atoms with Gasteiger partial charge < -0.3 is 9.67 Å². The second-order valence-corrected chi connectivity index (χ2v) is 5.73. The Morgan fingerprint density at radius 2 is 2.26 bits per heavy atom. The van der Waals surface area contributed by atoms with Crippen molar-refractivity contribution in [3.8, 4) is 0 Å². The Balaban J connectivity index is 2.34. The van der Waals surface area contributed by atoms with Crippen molar-refractivity contribution in [3.63, 3.8) is 0 Å². The molecule has 0 spiro atoms. The van der Waals surface area contributed by atoms with Crippen molar-refractivity contribution in [2.24, 2.45) is 5.92 Å². The number of nitrogens with zero attached hydrogens (tertiary/aromatic N) is 2. The minimum Gasteiger partial charge on any atom is -0.481 e. The van der Waals surface area contributed by atoms with Crippen LogP contribution in [-0.2, 0) is 17.8 Å². The Hall–Kier alpha value is -1.36. The number of aryl methyl sites for hydroxylation is 1. The van der Waals surface area contributed by atoms with Crippen molar-refractivity contribution in [3.05, 3.63) is 28.5 Å². The molecule has 4 nitrogen and oxygen atoms in total. The van der Waals surface area contributed by atoms with E-state index in [1.807, 2.05) is 25.1 Å². The predicted octanol–water partition coefficient (Wildman–Crippen LogP) is 3.47. The molecule has 1 heterocycles. The number of benzene rings is 1. The molecule has 0 aliphatic heterocycles. The average molecular weight is 325 g/mol. The molecule has 2 aromatic rings. The first kappa shape index (κ1) is 14.1. The molecule has 0 saturated carbocycles. The Morgan fingerprint density at radius 1 is 1.53 bits per heavy atom. The summed E-state index contributed by atoms with van der Waals surface area (Å²) in [5, 5.41) is 8.83. The summed E-state index contributed by atoms with van der Waals surface area (Å²) >= 11 is 3.44. The van der Waals surface area contributed by atoms with Crippen LogP contribution in [0.15, 0.2) is 22.7 Å². The number of carboxylic acids is 1. The number of halogens is 1. The maximum absolute atomic E-state index is 10.7. The van der Waals surface area contributed by atoms with Crippen LogP contribution >= 0.6 is 15.9 Å². The molecule has 0 amide bonds. The van der Waals surface area contributed by atoms with Crippen LogP contribution in [0.25, 0.3) is 11.0 Å². The summed E-state index contributed by atoms with van der Waals surface area (Å²) < 4.78 is 3.16. The lowest BCUT2D eigenvalue weighted by Gasteiger charge is -2.10. The smallest absolute Gasteiger partial charge is 0.303 e. The number of imidazole rings is 1. The molecule has 0 aliphatic carbocycles. The van der Waals surface area contributed by atoms with Crippen molar-refractivity contribution >= 4 is 32.9 Å². The number of fused-ring (bicyclic) bond motifs is 1. The number of rotatable bonds is 5. The highest BCUT2D eigenvalue weighted by Gasteiger charge is 2.15. The lowest BCUT2D eigenvalue weighted by Crippen LogP contribution is -2.11. The van der Waals surface area contributed by atoms with Gasteiger partial charge in [-0.3, -0.25) is 4.79 Å². The third kappa shape index (κ3) is 3.15. The highest BCUT2D eigenvalue weighted by molar-refractivity contribution is 9.10. The minimum absolute atomic E-state index is 0.0862. The standard InChI is InChI=1S/C14H17BrN2O2/c1-3-17-12-5-4-10(15)8-11(12)16-13(17)6-9(2)7-14(18)19/h4-5,8-9H,3,6-7H2,1-2H3,(H,18,19). The van der Waals surface area contributed by atoms with E-state index >= 15 is 0 Å². The van der Waals surface area contributed by atoms with Gasteiger partial charge in [-0.05, 0) is 31.0 Å². The van der Waals surface area contributed by atoms with Gasteiger partial charge in [0.25, 0.3) is 0 Å². The Kier molecular flexibility index (Phi) is 4.24. The predicted molar refractivity (Wildman–Crippen MR) is 78.2 cm³/mol. The minimum atomic E-state index is -0.755. The lowest BCUT2D eigenvalue weighted by molar-refractivity contribution is -0.137. The van der Waals surface area contributed by atoms with Crippen LogP contribution in [0, 0.1) is 5.92 Å². The fourth-order valence-electron chi connectivity index (χ4n) is 2.34. The monoisotopic (exact) mass is 324 g/mol. The normalized spacial score (nSPS) is 12.8. The molecule has 0 radical (unpaired) electrons. The van der Waals surface area contributed by atoms with Gasteiger partial charge in [-0.25, -0.2) is 4.98 Å². The van der Waals surface area contributed by atoms with Gasteiger partial charge in [-0.2, -0.15) is 0 Å². The van der Waals surface area contributed by atoms with Gasteiger partial charge in [-0.1, -0.05) is 22.9 Å². The molecule has 19 heavy (non-hydrogen) atoms. The second kappa shape index (κ2) is 5.74. The molecule has 1 unspecified atom stereocenters. The topological polar surface area (TPSA) is 55.1 Å². The second-order valence-electron chi connectivity index (χ2n) is 4.81. The Labute approximate surface area is 120 Å². The van der Waals surface area contributed by atoms with E-state index in [0.29, 0.717) is 6.42 Å². The zero-order chi connectivity index (χ0) is 14.0. The van der Waals surface area contributed by atoms with Gasteiger partial charge in [-0.15, -0.1) is 0 Å². The summed E-state index contributed by atoms with van der Waals surface area (Å²) in [6.45, 7) is 4.87. The molecule has 1 N–H and O–H groups in total. The van der Waals surface area contributed by atoms with E-state index in [9.17, 15) is 4.79 Å². The summed E-state index contributed by atoms with van der Waals surface area (Å²) in [7, 11) is 0. The molecule has 0 bridgehead atoms. The van der Waals surface area contributed by atoms with Gasteiger partial charge in [0.1, 0.15) is 5.82 Å². The number of aliphatic carboxylic acids is 1. The fourth-order valence-corrected chi connectivity index (χ4v) is 2.69. The first-order valence-electron chi connectivity index (χ1n) is 6.37. The largest absolute Gasteiger partial charge is 0.481 e. The number of hydrogen-bond acceptors (Lipinski definition) is 2. The average Bonchev–Trinajstić information content (AvgIpc) is 2.63. The van der Waals surface area contributed by atoms with E-state index in [2.05, 4.69) is 32.4 Å². The van der Waals surface area contributed by atoms with Crippen LogP contribution in [0.1, 0.15) is 26.1 Å². The van der Waals surface area contributed by atoms with Crippen molar-refractivity contribution in [2.45, 2.75) is 33.2 Å². The van der Waals surface area contributed by atoms with E-state index < -0.39 is 5.97 Å². The summed E-state index contributed by atoms with van der Waals surface area (Å²) in [5.74, 6) is 0.293. The van der Waals surface area contributed by atoms with Crippen LogP contribution in [0.3, 0.4) is 0 Å². The van der Waals surface area contributed by atoms with Gasteiger partial charge in [0.2, 0.25) is 0 Å². The van der Waals surface area contributed by atoms with E-state index in [1.165, 1.54) is 0 Å². The molecule has 0 saturated heterocycles. The molecule has 2 rings (SSSR count). The number of carbonyl (C=O) groups is 1. The molecule has 1 atom stereocenters. The molecular formula is C14H17BrN2O2. The van der Waals surface area contributed by atoms with Crippen molar-refractivity contribution in [2.75, 3.05) is 0 Å². The van der Waals surface area contributed by atoms with Gasteiger partial charge >= 0.3 is 5.97 Å². The zero-order valence-electron chi connectivity index (χ0n) is 11.1. The summed E-state index contributed by atoms with van der Waals surface area (Å²) in [4.78, 5) is 15.4. The molecule has 102 valence electrons. The zero-order valence-corrected chi connectivity index (χ0v) is 12.6. The maximum atomic E-state index is 10.7. The van der Waals surface area contributed by atoms with Crippen LogP contribution in [0.2, 0.25) is 0 Å². The number of aromatic nitrogens is 2. The van der Waals surface area contributed by atoms with Crippen LogP contribution < -0.4 is 0 Å². The molecule has 1 aromatic carbocycles. The third-order valence-electron chi connectivity index (χ3n) is 3.16. The van der Waals surface area contributed by atoms with Crippen molar-refractivity contribution < 1.29 is 9.90 Å². The molecule has 0 aliphatic rings. The maximum Gasteiger partial charge on any atom is 0.303 e. The van der Waals surface area contributed by atoms with Crippen LogP contribution in [0.4, 0.5) is 0 Å². The molecule has 0 fully saturated rings. The first-order chi connectivity index (χ1) is 9.01. The van der Waals surface area contributed by atoms with E-state index in [0.717, 1.165) is 27.9 Å². The third-order valence-corrected chi connectivity index (χ3v) is 3.65. The van der Waals surface area contributed by atoms with Crippen molar-refractivity contribution in [1.82, 2.24) is 9.55 Å².